The largest absolute Gasteiger partial charge is 0.309 e. The van der Waals surface area contributed by atoms with Crippen molar-refractivity contribution >= 4 is 65.4 Å². The first kappa shape index (κ1) is 31.7. The number of hydrogen-bond acceptors (Lipinski definition) is 0. The van der Waals surface area contributed by atoms with Crippen LogP contribution < -0.4 is 0 Å². The second-order valence-electron chi connectivity index (χ2n) is 15.0. The Bertz CT molecular complexity index is 3460. The Morgan fingerprint density at radius 3 is 1.35 bits per heavy atom. The molecule has 12 rings (SSSR count). The molecule has 0 aliphatic heterocycles. The highest BCUT2D eigenvalue weighted by atomic mass is 15.1. The quantitative estimate of drug-likeness (QED) is 0.168. The molecule has 3 heteroatoms. The Morgan fingerprint density at radius 2 is 0.684 bits per heavy atom. The number of aromatic nitrogens is 3. The molecule has 3 aromatic heterocycles. The smallest absolute Gasteiger partial charge is 0.0782 e. The predicted octanol–water partition coefficient (Wildman–Crippen LogP) is 14.3. The van der Waals surface area contributed by atoms with Crippen molar-refractivity contribution < 1.29 is 0 Å². The third kappa shape index (κ3) is 4.79. The van der Waals surface area contributed by atoms with Gasteiger partial charge in [0.1, 0.15) is 0 Å². The Morgan fingerprint density at radius 1 is 0.228 bits per heavy atom. The third-order valence-corrected chi connectivity index (χ3v) is 11.8. The molecule has 0 bridgehead atoms. The summed E-state index contributed by atoms with van der Waals surface area (Å²) >= 11 is 0. The Labute approximate surface area is 329 Å². The van der Waals surface area contributed by atoms with E-state index in [1.54, 1.807) is 0 Å². The van der Waals surface area contributed by atoms with Crippen LogP contribution in [0.25, 0.3) is 105 Å². The monoisotopic (exact) mass is 725 g/mol. The molecule has 0 saturated carbocycles. The van der Waals surface area contributed by atoms with Crippen LogP contribution >= 0.6 is 0 Å². The molecule has 0 unspecified atom stereocenters. The lowest BCUT2D eigenvalue weighted by molar-refractivity contribution is 1.13. The molecule has 57 heavy (non-hydrogen) atoms. The average molecular weight is 726 g/mol. The standard InChI is InChI=1S/C54H35N3/c1-3-16-36(17-4-1)37-18-15-21-41(32-37)55-48-26-11-9-24-44(48)46-33-38(30-31-52(46)55)39-34-47-45-25-10-12-27-49(45)56(40-19-5-2-6-20-40)54(47)53(35-39)57-50-28-13-7-22-42(50)43-23-8-14-29-51(43)57/h1-35H. The van der Waals surface area contributed by atoms with Crippen molar-refractivity contribution in [2.45, 2.75) is 0 Å². The van der Waals surface area contributed by atoms with Gasteiger partial charge < -0.3 is 13.7 Å². The van der Waals surface area contributed by atoms with Crippen molar-refractivity contribution in [1.29, 1.82) is 0 Å². The average Bonchev–Trinajstić information content (AvgIpc) is 3.92. The fraction of sp³-hybridized carbons (Fsp3) is 0. The molecule has 0 fully saturated rings. The summed E-state index contributed by atoms with van der Waals surface area (Å²) in [5.41, 5.74) is 15.4. The minimum Gasteiger partial charge on any atom is -0.309 e. The summed E-state index contributed by atoms with van der Waals surface area (Å²) in [6.07, 6.45) is 0. The zero-order chi connectivity index (χ0) is 37.5. The number of fused-ring (bicyclic) bond motifs is 9. The first-order valence-electron chi connectivity index (χ1n) is 19.6. The Hall–Kier alpha value is -7.62. The number of hydrogen-bond donors (Lipinski definition) is 0. The summed E-state index contributed by atoms with van der Waals surface area (Å²) in [5.74, 6) is 0. The molecule has 0 atom stereocenters. The van der Waals surface area contributed by atoms with Crippen LogP contribution in [0.1, 0.15) is 0 Å². The second kappa shape index (κ2) is 12.5. The highest BCUT2D eigenvalue weighted by molar-refractivity contribution is 6.17. The van der Waals surface area contributed by atoms with Gasteiger partial charge in [-0.1, -0.05) is 140 Å². The molecule has 0 spiro atoms. The van der Waals surface area contributed by atoms with Gasteiger partial charge in [-0.2, -0.15) is 0 Å². The third-order valence-electron chi connectivity index (χ3n) is 11.8. The van der Waals surface area contributed by atoms with Gasteiger partial charge in [0.2, 0.25) is 0 Å². The fourth-order valence-electron chi connectivity index (χ4n) is 9.33. The molecule has 9 aromatic carbocycles. The van der Waals surface area contributed by atoms with E-state index < -0.39 is 0 Å². The fourth-order valence-corrected chi connectivity index (χ4v) is 9.33. The van der Waals surface area contributed by atoms with Crippen LogP contribution in [-0.4, -0.2) is 13.7 Å². The van der Waals surface area contributed by atoms with Gasteiger partial charge in [0.25, 0.3) is 0 Å². The minimum absolute atomic E-state index is 1.14. The lowest BCUT2D eigenvalue weighted by atomic mass is 9.99. The van der Waals surface area contributed by atoms with E-state index in [0.717, 1.165) is 17.1 Å². The van der Waals surface area contributed by atoms with Gasteiger partial charge >= 0.3 is 0 Å². The maximum absolute atomic E-state index is 2.49. The summed E-state index contributed by atoms with van der Waals surface area (Å²) in [7, 11) is 0. The minimum atomic E-state index is 1.14. The Kier molecular flexibility index (Phi) is 6.93. The van der Waals surface area contributed by atoms with Gasteiger partial charge in [0, 0.05) is 43.7 Å². The van der Waals surface area contributed by atoms with Gasteiger partial charge in [-0.3, -0.25) is 0 Å². The molecule has 0 saturated heterocycles. The molecule has 266 valence electrons. The van der Waals surface area contributed by atoms with E-state index in [9.17, 15) is 0 Å². The lowest BCUT2D eigenvalue weighted by Gasteiger charge is -2.16. The van der Waals surface area contributed by atoms with Crippen LogP contribution in [0, 0.1) is 0 Å². The zero-order valence-corrected chi connectivity index (χ0v) is 31.0. The van der Waals surface area contributed by atoms with Crippen molar-refractivity contribution in [3.8, 4) is 39.3 Å². The van der Waals surface area contributed by atoms with E-state index in [4.69, 9.17) is 0 Å². The van der Waals surface area contributed by atoms with Crippen molar-refractivity contribution in [3.63, 3.8) is 0 Å². The van der Waals surface area contributed by atoms with E-state index in [2.05, 4.69) is 226 Å². The van der Waals surface area contributed by atoms with Crippen LogP contribution in [0.2, 0.25) is 0 Å². The van der Waals surface area contributed by atoms with Gasteiger partial charge in [-0.25, -0.2) is 0 Å². The predicted molar refractivity (Wildman–Crippen MR) is 240 cm³/mol. The highest BCUT2D eigenvalue weighted by Crippen LogP contribution is 2.43. The summed E-state index contributed by atoms with van der Waals surface area (Å²) in [4.78, 5) is 0. The Balaban J connectivity index is 1.16. The van der Waals surface area contributed by atoms with Crippen LogP contribution in [-0.2, 0) is 0 Å². The summed E-state index contributed by atoms with van der Waals surface area (Å²) in [5, 5.41) is 7.43. The van der Waals surface area contributed by atoms with E-state index >= 15 is 0 Å². The maximum atomic E-state index is 2.49. The van der Waals surface area contributed by atoms with Crippen molar-refractivity contribution in [1.82, 2.24) is 13.7 Å². The van der Waals surface area contributed by atoms with Crippen molar-refractivity contribution in [2.75, 3.05) is 0 Å². The molecule has 0 radical (unpaired) electrons. The van der Waals surface area contributed by atoms with Gasteiger partial charge in [-0.15, -0.1) is 0 Å². The number of para-hydroxylation sites is 5. The van der Waals surface area contributed by atoms with E-state index in [0.29, 0.717) is 0 Å². The summed E-state index contributed by atoms with van der Waals surface area (Å²) in [6, 6.07) is 77.5. The normalized spacial score (nSPS) is 11.9. The number of benzene rings is 9. The van der Waals surface area contributed by atoms with Gasteiger partial charge in [0.05, 0.1) is 38.8 Å². The molecular weight excluding hydrogens is 691 g/mol. The topological polar surface area (TPSA) is 14.8 Å². The summed E-state index contributed by atoms with van der Waals surface area (Å²) < 4.78 is 7.35. The first-order valence-corrected chi connectivity index (χ1v) is 19.6. The number of rotatable bonds is 5. The van der Waals surface area contributed by atoms with E-state index in [1.807, 2.05) is 0 Å². The lowest BCUT2D eigenvalue weighted by Crippen LogP contribution is -2.01. The molecular formula is C54H35N3. The van der Waals surface area contributed by atoms with Crippen LogP contribution in [0.5, 0.6) is 0 Å². The second-order valence-corrected chi connectivity index (χ2v) is 15.0. The summed E-state index contributed by atoms with van der Waals surface area (Å²) in [6.45, 7) is 0. The van der Waals surface area contributed by atoms with Crippen molar-refractivity contribution in [3.05, 3.63) is 212 Å². The molecule has 0 N–H and O–H groups in total. The molecule has 3 heterocycles. The molecule has 0 amide bonds. The van der Waals surface area contributed by atoms with Gasteiger partial charge in [-0.05, 0) is 95.1 Å². The van der Waals surface area contributed by atoms with Crippen LogP contribution in [0.3, 0.4) is 0 Å². The van der Waals surface area contributed by atoms with E-state index in [-0.39, 0.29) is 0 Å². The van der Waals surface area contributed by atoms with Crippen LogP contribution in [0.4, 0.5) is 0 Å². The molecule has 0 aliphatic rings. The van der Waals surface area contributed by atoms with Gasteiger partial charge in [0.15, 0.2) is 0 Å². The zero-order valence-electron chi connectivity index (χ0n) is 31.0. The van der Waals surface area contributed by atoms with Crippen LogP contribution in [0.15, 0.2) is 212 Å². The molecule has 0 aliphatic carbocycles. The SMILES string of the molecule is c1ccc(-c2cccc(-n3c4ccccc4c4cc(-c5cc(-n6c7ccccc7c7ccccc76)c6c(c5)c5ccccc5n6-c5ccccc5)ccc43)c2)cc1. The molecule has 12 aromatic rings. The van der Waals surface area contributed by atoms with Crippen molar-refractivity contribution in [2.24, 2.45) is 0 Å². The first-order chi connectivity index (χ1) is 28.3. The maximum Gasteiger partial charge on any atom is 0.0782 e. The highest BCUT2D eigenvalue weighted by Gasteiger charge is 2.22. The van der Waals surface area contributed by atoms with E-state index in [1.165, 1.54) is 87.7 Å². The number of nitrogens with zero attached hydrogens (tertiary/aromatic N) is 3. The molecule has 3 nitrogen and oxygen atoms in total.